The van der Waals surface area contributed by atoms with E-state index >= 15 is 0 Å². The number of carboxylic acid groups (broad SMARTS) is 1. The molecule has 12 heteroatoms. The minimum atomic E-state index is -5.08. The van der Waals surface area contributed by atoms with Gasteiger partial charge in [0.1, 0.15) is 11.6 Å². The topological polar surface area (TPSA) is 80.0 Å². The molecule has 0 radical (unpaired) electrons. The molecule has 0 spiro atoms. The van der Waals surface area contributed by atoms with Gasteiger partial charge in [0.2, 0.25) is 0 Å². The summed E-state index contributed by atoms with van der Waals surface area (Å²) < 4.78 is 48.0. The first-order valence-electron chi connectivity index (χ1n) is 8.73. The number of alkyl halides is 3. The number of carbonyl (C=O) groups is 1. The number of hydrogen-bond acceptors (Lipinski definition) is 4. The van der Waals surface area contributed by atoms with E-state index < -0.39 is 18.0 Å². The Kier molecular flexibility index (Phi) is 6.42. The van der Waals surface area contributed by atoms with Crippen LogP contribution in [0.15, 0.2) is 36.4 Å². The molecule has 1 atom stereocenters. The van der Waals surface area contributed by atoms with Crippen molar-refractivity contribution in [1.29, 1.82) is 0 Å². The van der Waals surface area contributed by atoms with Gasteiger partial charge in [-0.15, -0.1) is 10.2 Å². The van der Waals surface area contributed by atoms with Crippen LogP contribution in [-0.4, -0.2) is 38.6 Å². The molecule has 2 heterocycles. The molecule has 0 unspecified atom stereocenters. The smallest absolute Gasteiger partial charge is 0.475 e. The third-order valence-electron chi connectivity index (χ3n) is 4.34. The highest BCUT2D eigenvalue weighted by Crippen LogP contribution is 2.36. The van der Waals surface area contributed by atoms with E-state index in [4.69, 9.17) is 33.1 Å². The first kappa shape index (κ1) is 22.8. The summed E-state index contributed by atoms with van der Waals surface area (Å²) in [7, 11) is 0. The minimum absolute atomic E-state index is 0.0969. The van der Waals surface area contributed by atoms with E-state index in [1.54, 1.807) is 6.07 Å². The summed E-state index contributed by atoms with van der Waals surface area (Å²) in [6.07, 6.45) is -5.08. The van der Waals surface area contributed by atoms with E-state index in [1.807, 2.05) is 29.7 Å². The Morgan fingerprint density at radius 1 is 1.16 bits per heavy atom. The zero-order chi connectivity index (χ0) is 22.9. The summed E-state index contributed by atoms with van der Waals surface area (Å²) in [6.45, 7) is 2.74. The van der Waals surface area contributed by atoms with Gasteiger partial charge in [-0.2, -0.15) is 13.2 Å². The second kappa shape index (κ2) is 8.72. The molecule has 2 aromatic carbocycles. The maximum absolute atomic E-state index is 14.4. The highest BCUT2D eigenvalue weighted by molar-refractivity contribution is 6.31. The molecule has 1 aliphatic heterocycles. The molecular formula is C19H14Cl2F4N4O2. The van der Waals surface area contributed by atoms with Crippen LogP contribution in [0.25, 0.3) is 17.1 Å². The van der Waals surface area contributed by atoms with Crippen molar-refractivity contribution in [3.05, 3.63) is 58.1 Å². The summed E-state index contributed by atoms with van der Waals surface area (Å²) in [5.41, 5.74) is 2.00. The number of aliphatic carboxylic acids is 1. The second-order valence-corrected chi connectivity index (χ2v) is 7.46. The van der Waals surface area contributed by atoms with Gasteiger partial charge in [0.15, 0.2) is 5.82 Å². The van der Waals surface area contributed by atoms with Gasteiger partial charge in [-0.1, -0.05) is 30.1 Å². The van der Waals surface area contributed by atoms with Crippen LogP contribution < -0.4 is 5.32 Å². The average molecular weight is 477 g/mol. The maximum atomic E-state index is 14.4. The van der Waals surface area contributed by atoms with Gasteiger partial charge in [0.25, 0.3) is 0 Å². The van der Waals surface area contributed by atoms with Crippen LogP contribution in [-0.2, 0) is 4.79 Å². The molecule has 1 aliphatic rings. The fourth-order valence-electron chi connectivity index (χ4n) is 2.89. The van der Waals surface area contributed by atoms with Crippen molar-refractivity contribution >= 4 is 34.9 Å². The van der Waals surface area contributed by atoms with Crippen molar-refractivity contribution in [2.45, 2.75) is 19.0 Å². The van der Waals surface area contributed by atoms with Gasteiger partial charge in [0, 0.05) is 22.5 Å². The van der Waals surface area contributed by atoms with Crippen LogP contribution in [0.3, 0.4) is 0 Å². The fourth-order valence-corrected chi connectivity index (χ4v) is 3.23. The molecule has 0 amide bonds. The largest absolute Gasteiger partial charge is 0.490 e. The van der Waals surface area contributed by atoms with E-state index in [0.29, 0.717) is 28.0 Å². The predicted molar refractivity (Wildman–Crippen MR) is 107 cm³/mol. The summed E-state index contributed by atoms with van der Waals surface area (Å²) >= 11 is 12.2. The SMILES string of the molecule is C[C@@H]1CNc2ccc(Cl)cc2-n2c(-c3cc(Cl)ccc3F)nnc21.O=C(O)C(F)(F)F. The molecule has 2 N–H and O–H groups in total. The highest BCUT2D eigenvalue weighted by Gasteiger charge is 2.38. The monoisotopic (exact) mass is 476 g/mol. The van der Waals surface area contributed by atoms with Crippen LogP contribution >= 0.6 is 23.2 Å². The third kappa shape index (κ3) is 4.91. The Bertz CT molecular complexity index is 1130. The summed E-state index contributed by atoms with van der Waals surface area (Å²) in [5, 5.41) is 20.1. The Morgan fingerprint density at radius 2 is 1.77 bits per heavy atom. The lowest BCUT2D eigenvalue weighted by atomic mass is 10.1. The number of hydrogen-bond donors (Lipinski definition) is 2. The first-order valence-corrected chi connectivity index (χ1v) is 9.49. The average Bonchev–Trinajstić information content (AvgIpc) is 3.07. The molecule has 4 rings (SSSR count). The number of carboxylic acids is 1. The number of aromatic nitrogens is 3. The van der Waals surface area contributed by atoms with Gasteiger partial charge in [-0.3, -0.25) is 4.57 Å². The fraction of sp³-hybridized carbons (Fsp3) is 0.211. The molecule has 0 bridgehead atoms. The van der Waals surface area contributed by atoms with E-state index in [-0.39, 0.29) is 5.92 Å². The number of fused-ring (bicyclic) bond motifs is 3. The lowest BCUT2D eigenvalue weighted by Gasteiger charge is -2.13. The molecule has 1 aromatic heterocycles. The Balaban J connectivity index is 0.000000339. The zero-order valence-corrected chi connectivity index (χ0v) is 17.2. The van der Waals surface area contributed by atoms with Gasteiger partial charge >= 0.3 is 12.1 Å². The number of nitrogens with one attached hydrogen (secondary N) is 1. The van der Waals surface area contributed by atoms with Crippen molar-refractivity contribution in [2.24, 2.45) is 0 Å². The molecule has 0 fully saturated rings. The number of halogens is 6. The Morgan fingerprint density at radius 3 is 2.42 bits per heavy atom. The van der Waals surface area contributed by atoms with Crippen molar-refractivity contribution in [3.8, 4) is 17.1 Å². The van der Waals surface area contributed by atoms with Gasteiger partial charge in [-0.05, 0) is 36.4 Å². The van der Waals surface area contributed by atoms with E-state index in [1.165, 1.54) is 12.1 Å². The summed E-state index contributed by atoms with van der Waals surface area (Å²) in [4.78, 5) is 8.90. The van der Waals surface area contributed by atoms with Gasteiger partial charge < -0.3 is 10.4 Å². The molecule has 0 saturated carbocycles. The molecule has 31 heavy (non-hydrogen) atoms. The quantitative estimate of drug-likeness (QED) is 0.450. The van der Waals surface area contributed by atoms with E-state index in [0.717, 1.165) is 17.2 Å². The van der Waals surface area contributed by atoms with Crippen LogP contribution in [0, 0.1) is 5.82 Å². The molecule has 0 saturated heterocycles. The van der Waals surface area contributed by atoms with Gasteiger partial charge in [-0.25, -0.2) is 9.18 Å². The molecular weight excluding hydrogens is 463 g/mol. The molecule has 164 valence electrons. The van der Waals surface area contributed by atoms with Crippen molar-refractivity contribution < 1.29 is 27.5 Å². The lowest BCUT2D eigenvalue weighted by Crippen LogP contribution is -2.21. The lowest BCUT2D eigenvalue weighted by molar-refractivity contribution is -0.192. The molecule has 0 aliphatic carbocycles. The zero-order valence-electron chi connectivity index (χ0n) is 15.7. The van der Waals surface area contributed by atoms with Crippen molar-refractivity contribution in [2.75, 3.05) is 11.9 Å². The van der Waals surface area contributed by atoms with Crippen molar-refractivity contribution in [3.63, 3.8) is 0 Å². The van der Waals surface area contributed by atoms with E-state index in [9.17, 15) is 17.6 Å². The summed E-state index contributed by atoms with van der Waals surface area (Å²) in [6, 6.07) is 9.93. The van der Waals surface area contributed by atoms with Crippen LogP contribution in [0.2, 0.25) is 10.0 Å². The Labute approximate surface area is 183 Å². The third-order valence-corrected chi connectivity index (χ3v) is 4.81. The maximum Gasteiger partial charge on any atom is 0.490 e. The molecule has 3 aromatic rings. The van der Waals surface area contributed by atoms with Crippen LogP contribution in [0.5, 0.6) is 0 Å². The number of rotatable bonds is 1. The predicted octanol–water partition coefficient (Wildman–Crippen LogP) is 5.54. The number of nitrogens with zero attached hydrogens (tertiary/aromatic N) is 3. The minimum Gasteiger partial charge on any atom is -0.475 e. The van der Waals surface area contributed by atoms with Crippen LogP contribution in [0.1, 0.15) is 18.7 Å². The summed E-state index contributed by atoms with van der Waals surface area (Å²) in [5.74, 6) is -1.91. The molecule has 6 nitrogen and oxygen atoms in total. The highest BCUT2D eigenvalue weighted by atomic mass is 35.5. The first-order chi connectivity index (χ1) is 14.5. The Hall–Kier alpha value is -2.85. The van der Waals surface area contributed by atoms with Gasteiger partial charge in [0.05, 0.1) is 16.9 Å². The van der Waals surface area contributed by atoms with E-state index in [2.05, 4.69) is 15.5 Å². The normalized spacial score (nSPS) is 15.0. The standard InChI is InChI=1S/C17H13Cl2FN4.C2HF3O2/c1-9-8-21-14-5-3-11(19)7-15(14)24-16(9)22-23-17(24)12-6-10(18)2-4-13(12)20;3-2(4,5)1(6)7/h2-7,9,21H,8H2,1H3;(H,6,7)/t9-;/m1./s1. The number of anilines is 1. The number of benzene rings is 2. The van der Waals surface area contributed by atoms with Crippen LogP contribution in [0.4, 0.5) is 23.2 Å². The second-order valence-electron chi connectivity index (χ2n) is 6.59. The van der Waals surface area contributed by atoms with Crippen molar-refractivity contribution in [1.82, 2.24) is 14.8 Å².